The first-order valence-electron chi connectivity index (χ1n) is 8.24. The zero-order valence-corrected chi connectivity index (χ0v) is 13.0. The monoisotopic (exact) mass is 303 g/mol. The summed E-state index contributed by atoms with van der Waals surface area (Å²) < 4.78 is 5.36. The fourth-order valence-corrected chi connectivity index (χ4v) is 3.02. The van der Waals surface area contributed by atoms with Crippen molar-refractivity contribution in [2.24, 2.45) is 0 Å². The summed E-state index contributed by atoms with van der Waals surface area (Å²) in [6.45, 7) is 5.51. The third-order valence-electron chi connectivity index (χ3n) is 4.36. The Kier molecular flexibility index (Phi) is 5.43. The molecule has 2 saturated heterocycles. The number of benzene rings is 1. The van der Waals surface area contributed by atoms with Gasteiger partial charge in [0.05, 0.1) is 19.3 Å². The quantitative estimate of drug-likeness (QED) is 0.887. The molecule has 120 valence electrons. The zero-order valence-electron chi connectivity index (χ0n) is 13.0. The van der Waals surface area contributed by atoms with E-state index >= 15 is 0 Å². The molecule has 0 saturated carbocycles. The standard InChI is InChI=1S/C17H25N3O2/c21-17(16-3-1-2-8-18-16)19-15-6-4-14(5-7-15)13-20-9-11-22-12-10-20/h4-7,16,18H,1-3,8-13H2,(H,19,21)/t16-/m0/s1. The number of morpholine rings is 1. The summed E-state index contributed by atoms with van der Waals surface area (Å²) in [6.07, 6.45) is 3.23. The van der Waals surface area contributed by atoms with Crippen molar-refractivity contribution in [1.29, 1.82) is 0 Å². The van der Waals surface area contributed by atoms with Crippen LogP contribution in [-0.2, 0) is 16.1 Å². The molecule has 2 aliphatic rings. The Morgan fingerprint density at radius 3 is 2.68 bits per heavy atom. The van der Waals surface area contributed by atoms with Crippen LogP contribution < -0.4 is 10.6 Å². The lowest BCUT2D eigenvalue weighted by Crippen LogP contribution is -2.43. The fraction of sp³-hybridized carbons (Fsp3) is 0.588. The topological polar surface area (TPSA) is 53.6 Å². The second-order valence-electron chi connectivity index (χ2n) is 6.08. The summed E-state index contributed by atoms with van der Waals surface area (Å²) >= 11 is 0. The number of nitrogens with zero attached hydrogens (tertiary/aromatic N) is 1. The average Bonchev–Trinajstić information content (AvgIpc) is 2.58. The molecular formula is C17H25N3O2. The summed E-state index contributed by atoms with van der Waals surface area (Å²) in [5.41, 5.74) is 2.15. The van der Waals surface area contributed by atoms with Crippen LogP contribution in [0.5, 0.6) is 0 Å². The molecule has 0 bridgehead atoms. The SMILES string of the molecule is O=C(Nc1ccc(CN2CCOCC2)cc1)[C@@H]1CCCCN1. The highest BCUT2D eigenvalue weighted by Crippen LogP contribution is 2.14. The summed E-state index contributed by atoms with van der Waals surface area (Å²) in [6, 6.07) is 8.15. The average molecular weight is 303 g/mol. The van der Waals surface area contributed by atoms with E-state index in [2.05, 4.69) is 27.7 Å². The van der Waals surface area contributed by atoms with E-state index in [-0.39, 0.29) is 11.9 Å². The maximum absolute atomic E-state index is 12.2. The minimum atomic E-state index is -0.0400. The van der Waals surface area contributed by atoms with Gasteiger partial charge in [-0.2, -0.15) is 0 Å². The first-order valence-corrected chi connectivity index (χ1v) is 8.24. The lowest BCUT2D eigenvalue weighted by atomic mass is 10.0. The van der Waals surface area contributed by atoms with Crippen molar-refractivity contribution in [3.8, 4) is 0 Å². The van der Waals surface area contributed by atoms with Gasteiger partial charge in [-0.3, -0.25) is 9.69 Å². The van der Waals surface area contributed by atoms with E-state index in [4.69, 9.17) is 4.74 Å². The summed E-state index contributed by atoms with van der Waals surface area (Å²) in [4.78, 5) is 14.6. The van der Waals surface area contributed by atoms with Crippen LogP contribution in [0.25, 0.3) is 0 Å². The van der Waals surface area contributed by atoms with E-state index in [0.717, 1.165) is 57.9 Å². The van der Waals surface area contributed by atoms with Crippen molar-refractivity contribution >= 4 is 11.6 Å². The molecule has 0 aliphatic carbocycles. The molecule has 2 aliphatic heterocycles. The smallest absolute Gasteiger partial charge is 0.241 e. The minimum Gasteiger partial charge on any atom is -0.379 e. The van der Waals surface area contributed by atoms with Gasteiger partial charge in [0, 0.05) is 25.3 Å². The molecule has 2 fully saturated rings. The van der Waals surface area contributed by atoms with E-state index < -0.39 is 0 Å². The van der Waals surface area contributed by atoms with Crippen LogP contribution in [0, 0.1) is 0 Å². The minimum absolute atomic E-state index is 0.0400. The first kappa shape index (κ1) is 15.5. The van der Waals surface area contributed by atoms with E-state index in [9.17, 15) is 4.79 Å². The maximum atomic E-state index is 12.2. The normalized spacial score (nSPS) is 23.2. The highest BCUT2D eigenvalue weighted by atomic mass is 16.5. The number of carbonyl (C=O) groups is 1. The molecule has 0 spiro atoms. The third-order valence-corrected chi connectivity index (χ3v) is 4.36. The predicted octanol–water partition coefficient (Wildman–Crippen LogP) is 1.60. The van der Waals surface area contributed by atoms with Crippen molar-refractivity contribution in [1.82, 2.24) is 10.2 Å². The Hall–Kier alpha value is -1.43. The third kappa shape index (κ3) is 4.29. The molecule has 5 nitrogen and oxygen atoms in total. The highest BCUT2D eigenvalue weighted by Gasteiger charge is 2.20. The summed E-state index contributed by atoms with van der Waals surface area (Å²) in [5, 5.41) is 6.28. The number of ether oxygens (including phenoxy) is 1. The van der Waals surface area contributed by atoms with Crippen LogP contribution in [0.2, 0.25) is 0 Å². The molecule has 1 atom stereocenters. The van der Waals surface area contributed by atoms with E-state index in [1.807, 2.05) is 12.1 Å². The number of hydrogen-bond donors (Lipinski definition) is 2. The van der Waals surface area contributed by atoms with E-state index in [1.54, 1.807) is 0 Å². The van der Waals surface area contributed by atoms with Gasteiger partial charge in [0.25, 0.3) is 0 Å². The number of rotatable bonds is 4. The van der Waals surface area contributed by atoms with E-state index in [0.29, 0.717) is 0 Å². The molecule has 1 aromatic rings. The van der Waals surface area contributed by atoms with Crippen LogP contribution in [0.3, 0.4) is 0 Å². The van der Waals surface area contributed by atoms with Gasteiger partial charge in [-0.05, 0) is 37.1 Å². The number of piperidine rings is 1. The summed E-state index contributed by atoms with van der Waals surface area (Å²) in [5.74, 6) is 0.0839. The van der Waals surface area contributed by atoms with Crippen molar-refractivity contribution in [3.05, 3.63) is 29.8 Å². The Morgan fingerprint density at radius 2 is 2.00 bits per heavy atom. The molecule has 2 heterocycles. The fourth-order valence-electron chi connectivity index (χ4n) is 3.02. The van der Waals surface area contributed by atoms with Crippen LogP contribution in [-0.4, -0.2) is 49.7 Å². The molecule has 3 rings (SSSR count). The Morgan fingerprint density at radius 1 is 1.23 bits per heavy atom. The van der Waals surface area contributed by atoms with Crippen molar-refractivity contribution in [2.75, 3.05) is 38.2 Å². The van der Waals surface area contributed by atoms with Crippen molar-refractivity contribution < 1.29 is 9.53 Å². The molecule has 0 aromatic heterocycles. The van der Waals surface area contributed by atoms with Gasteiger partial charge in [0.1, 0.15) is 0 Å². The lowest BCUT2D eigenvalue weighted by Gasteiger charge is -2.26. The van der Waals surface area contributed by atoms with Gasteiger partial charge in [-0.1, -0.05) is 18.6 Å². The number of nitrogens with one attached hydrogen (secondary N) is 2. The van der Waals surface area contributed by atoms with Crippen molar-refractivity contribution in [3.63, 3.8) is 0 Å². The van der Waals surface area contributed by atoms with Gasteiger partial charge < -0.3 is 15.4 Å². The largest absolute Gasteiger partial charge is 0.379 e. The molecule has 5 heteroatoms. The Labute approximate surface area is 132 Å². The Balaban J connectivity index is 1.51. The molecule has 1 aromatic carbocycles. The lowest BCUT2D eigenvalue weighted by molar-refractivity contribution is -0.118. The number of hydrogen-bond acceptors (Lipinski definition) is 4. The van der Waals surface area contributed by atoms with Gasteiger partial charge in [-0.15, -0.1) is 0 Å². The number of carbonyl (C=O) groups excluding carboxylic acids is 1. The van der Waals surface area contributed by atoms with Gasteiger partial charge in [0.2, 0.25) is 5.91 Å². The van der Waals surface area contributed by atoms with E-state index in [1.165, 1.54) is 12.0 Å². The van der Waals surface area contributed by atoms with Gasteiger partial charge >= 0.3 is 0 Å². The van der Waals surface area contributed by atoms with Gasteiger partial charge in [0.15, 0.2) is 0 Å². The van der Waals surface area contributed by atoms with Crippen LogP contribution >= 0.6 is 0 Å². The summed E-state index contributed by atoms with van der Waals surface area (Å²) in [7, 11) is 0. The molecular weight excluding hydrogens is 278 g/mol. The van der Waals surface area contributed by atoms with Crippen LogP contribution in [0.15, 0.2) is 24.3 Å². The second-order valence-corrected chi connectivity index (χ2v) is 6.08. The molecule has 2 N–H and O–H groups in total. The number of anilines is 1. The molecule has 1 amide bonds. The predicted molar refractivity (Wildman–Crippen MR) is 86.8 cm³/mol. The van der Waals surface area contributed by atoms with Crippen LogP contribution in [0.4, 0.5) is 5.69 Å². The maximum Gasteiger partial charge on any atom is 0.241 e. The molecule has 0 unspecified atom stereocenters. The van der Waals surface area contributed by atoms with Crippen LogP contribution in [0.1, 0.15) is 24.8 Å². The second kappa shape index (κ2) is 7.72. The molecule has 0 radical (unpaired) electrons. The van der Waals surface area contributed by atoms with Gasteiger partial charge in [-0.25, -0.2) is 0 Å². The number of amides is 1. The zero-order chi connectivity index (χ0) is 15.2. The Bertz CT molecular complexity index is 477. The first-order chi connectivity index (χ1) is 10.8. The molecule has 22 heavy (non-hydrogen) atoms. The highest BCUT2D eigenvalue weighted by molar-refractivity contribution is 5.94. The van der Waals surface area contributed by atoms with Crippen molar-refractivity contribution in [2.45, 2.75) is 31.8 Å².